The van der Waals surface area contributed by atoms with Gasteiger partial charge in [0, 0.05) is 12.1 Å². The van der Waals surface area contributed by atoms with E-state index in [-0.39, 0.29) is 6.42 Å². The smallest absolute Gasteiger partial charge is 0.244 e. The van der Waals surface area contributed by atoms with Crippen molar-refractivity contribution in [2.24, 2.45) is 5.92 Å². The number of ketones is 1. The number of rotatable bonds is 7. The first-order valence-corrected chi connectivity index (χ1v) is 10.8. The van der Waals surface area contributed by atoms with Crippen LogP contribution >= 0.6 is 0 Å². The number of anilines is 1. The Bertz CT molecular complexity index is 1170. The van der Waals surface area contributed by atoms with Crippen molar-refractivity contribution in [1.29, 1.82) is 0 Å². The molecule has 0 bridgehead atoms. The molecule has 1 aliphatic heterocycles. The van der Waals surface area contributed by atoms with Gasteiger partial charge in [-0.3, -0.25) is 14.4 Å². The number of amides is 2. The van der Waals surface area contributed by atoms with Gasteiger partial charge in [-0.2, -0.15) is 0 Å². The van der Waals surface area contributed by atoms with E-state index in [0.29, 0.717) is 18.0 Å². The fourth-order valence-electron chi connectivity index (χ4n) is 4.00. The van der Waals surface area contributed by atoms with E-state index in [1.165, 1.54) is 0 Å². The minimum Gasteiger partial charge on any atom is -0.489 e. The van der Waals surface area contributed by atoms with E-state index in [0.717, 1.165) is 16.7 Å². The molecule has 1 fully saturated rings. The summed E-state index contributed by atoms with van der Waals surface area (Å²) in [4.78, 5) is 38.4. The zero-order valence-electron chi connectivity index (χ0n) is 18.6. The Morgan fingerprint density at radius 1 is 0.970 bits per heavy atom. The molecule has 0 aliphatic carbocycles. The zero-order valence-corrected chi connectivity index (χ0v) is 18.6. The number of hydrogen-bond acceptors (Lipinski definition) is 4. The molecule has 1 saturated heterocycles. The molecule has 168 valence electrons. The fraction of sp³-hybridized carbons (Fsp3) is 0.222. The van der Waals surface area contributed by atoms with Crippen LogP contribution in [-0.2, 0) is 27.4 Å². The maximum Gasteiger partial charge on any atom is 0.244 e. The Morgan fingerprint density at radius 2 is 1.70 bits per heavy atom. The number of hydrogen-bond donors (Lipinski definition) is 2. The molecule has 1 aliphatic rings. The summed E-state index contributed by atoms with van der Waals surface area (Å²) in [7, 11) is 0. The Hall–Kier alpha value is -3.93. The SMILES string of the molecule is Cc1cccc(NC(=O)C2C(=O)NC(C)(Cc3ccc(OCc4ccccc4)cc3)C2=O)c1. The number of ether oxygens (including phenoxy) is 1. The lowest BCUT2D eigenvalue weighted by Crippen LogP contribution is -2.45. The number of benzene rings is 3. The van der Waals surface area contributed by atoms with Crippen LogP contribution in [-0.4, -0.2) is 23.1 Å². The van der Waals surface area contributed by atoms with E-state index in [1.807, 2.05) is 67.6 Å². The molecule has 6 nitrogen and oxygen atoms in total. The number of carbonyl (C=O) groups is 3. The maximum atomic E-state index is 13.1. The van der Waals surface area contributed by atoms with E-state index in [1.54, 1.807) is 25.1 Å². The number of aryl methyl sites for hydroxylation is 1. The average molecular weight is 443 g/mol. The number of Topliss-reactive ketones (excluding diaryl/α,β-unsaturated/α-hetero) is 1. The maximum absolute atomic E-state index is 13.1. The molecule has 2 atom stereocenters. The standard InChI is InChI=1S/C27H26N2O4/c1-18-7-6-10-21(15-18)28-25(31)23-24(30)27(2,29-26(23)32)16-19-11-13-22(14-12-19)33-17-20-8-4-3-5-9-20/h3-15,23H,16-17H2,1-2H3,(H,28,31)(H,29,32). The average Bonchev–Trinajstić information content (AvgIpc) is 3.01. The summed E-state index contributed by atoms with van der Waals surface area (Å²) in [6, 6.07) is 24.5. The van der Waals surface area contributed by atoms with Crippen molar-refractivity contribution in [3.63, 3.8) is 0 Å². The first kappa shape index (κ1) is 22.3. The van der Waals surface area contributed by atoms with Crippen molar-refractivity contribution in [2.75, 3.05) is 5.32 Å². The normalized spacial score (nSPS) is 19.8. The van der Waals surface area contributed by atoms with Gasteiger partial charge in [0.25, 0.3) is 0 Å². The Balaban J connectivity index is 1.40. The molecule has 0 saturated carbocycles. The number of nitrogens with one attached hydrogen (secondary N) is 2. The molecule has 4 rings (SSSR count). The summed E-state index contributed by atoms with van der Waals surface area (Å²) in [6.45, 7) is 4.02. The predicted octanol–water partition coefficient (Wildman–Crippen LogP) is 3.83. The van der Waals surface area contributed by atoms with Crippen LogP contribution in [0.15, 0.2) is 78.9 Å². The van der Waals surface area contributed by atoms with Crippen LogP contribution in [0, 0.1) is 12.8 Å². The van der Waals surface area contributed by atoms with Gasteiger partial charge in [0.1, 0.15) is 17.9 Å². The van der Waals surface area contributed by atoms with Gasteiger partial charge in [0.2, 0.25) is 11.8 Å². The molecule has 1 heterocycles. The fourth-order valence-corrected chi connectivity index (χ4v) is 4.00. The largest absolute Gasteiger partial charge is 0.489 e. The van der Waals surface area contributed by atoms with Crippen molar-refractivity contribution in [3.8, 4) is 5.75 Å². The first-order chi connectivity index (χ1) is 15.8. The summed E-state index contributed by atoms with van der Waals surface area (Å²) in [5.41, 5.74) is 2.30. The Morgan fingerprint density at radius 3 is 2.39 bits per heavy atom. The van der Waals surface area contributed by atoms with Crippen LogP contribution in [0.4, 0.5) is 5.69 Å². The minimum atomic E-state index is -1.37. The Kier molecular flexibility index (Phi) is 6.27. The summed E-state index contributed by atoms with van der Waals surface area (Å²) in [6.07, 6.45) is 0.283. The molecule has 2 amide bonds. The van der Waals surface area contributed by atoms with Crippen LogP contribution in [0.2, 0.25) is 0 Å². The highest BCUT2D eigenvalue weighted by Crippen LogP contribution is 2.27. The molecular formula is C27H26N2O4. The molecular weight excluding hydrogens is 416 g/mol. The topological polar surface area (TPSA) is 84.5 Å². The third-order valence-corrected chi connectivity index (χ3v) is 5.74. The van der Waals surface area contributed by atoms with Gasteiger partial charge in [-0.25, -0.2) is 0 Å². The summed E-state index contributed by atoms with van der Waals surface area (Å²) in [5.74, 6) is -2.28. The molecule has 33 heavy (non-hydrogen) atoms. The number of carbonyl (C=O) groups excluding carboxylic acids is 3. The molecule has 2 N–H and O–H groups in total. The van der Waals surface area contributed by atoms with Gasteiger partial charge in [0.05, 0.1) is 0 Å². The summed E-state index contributed by atoms with van der Waals surface area (Å²) in [5, 5.41) is 5.42. The highest BCUT2D eigenvalue weighted by atomic mass is 16.5. The second kappa shape index (κ2) is 9.28. The summed E-state index contributed by atoms with van der Waals surface area (Å²) >= 11 is 0. The van der Waals surface area contributed by atoms with Crippen molar-refractivity contribution in [1.82, 2.24) is 5.32 Å². The Labute approximate surface area is 193 Å². The quantitative estimate of drug-likeness (QED) is 0.545. The van der Waals surface area contributed by atoms with Gasteiger partial charge < -0.3 is 15.4 Å². The van der Waals surface area contributed by atoms with Crippen LogP contribution in [0.3, 0.4) is 0 Å². The highest BCUT2D eigenvalue weighted by molar-refractivity contribution is 6.27. The van der Waals surface area contributed by atoms with Gasteiger partial charge in [0.15, 0.2) is 11.7 Å². The third-order valence-electron chi connectivity index (χ3n) is 5.74. The molecule has 0 radical (unpaired) electrons. The van der Waals surface area contributed by atoms with Gasteiger partial charge in [-0.05, 0) is 54.8 Å². The van der Waals surface area contributed by atoms with Crippen LogP contribution in [0.25, 0.3) is 0 Å². The summed E-state index contributed by atoms with van der Waals surface area (Å²) < 4.78 is 5.80. The van der Waals surface area contributed by atoms with E-state index >= 15 is 0 Å². The highest BCUT2D eigenvalue weighted by Gasteiger charge is 2.52. The van der Waals surface area contributed by atoms with Crippen molar-refractivity contribution in [2.45, 2.75) is 32.4 Å². The van der Waals surface area contributed by atoms with Crippen molar-refractivity contribution < 1.29 is 19.1 Å². The lowest BCUT2D eigenvalue weighted by molar-refractivity contribution is -0.135. The van der Waals surface area contributed by atoms with E-state index in [9.17, 15) is 14.4 Å². The van der Waals surface area contributed by atoms with E-state index in [2.05, 4.69) is 10.6 Å². The zero-order chi connectivity index (χ0) is 23.4. The van der Waals surface area contributed by atoms with Gasteiger partial charge in [-0.1, -0.05) is 54.6 Å². The van der Waals surface area contributed by atoms with Crippen LogP contribution in [0.5, 0.6) is 5.75 Å². The molecule has 0 spiro atoms. The molecule has 3 aromatic carbocycles. The monoisotopic (exact) mass is 442 g/mol. The second-order valence-electron chi connectivity index (χ2n) is 8.57. The minimum absolute atomic E-state index is 0.283. The van der Waals surface area contributed by atoms with Crippen LogP contribution < -0.4 is 15.4 Å². The molecule has 6 heteroatoms. The predicted molar refractivity (Wildman–Crippen MR) is 126 cm³/mol. The van der Waals surface area contributed by atoms with Gasteiger partial charge in [-0.15, -0.1) is 0 Å². The molecule has 2 unspecified atom stereocenters. The first-order valence-electron chi connectivity index (χ1n) is 10.8. The lowest BCUT2D eigenvalue weighted by atomic mass is 9.86. The second-order valence-corrected chi connectivity index (χ2v) is 8.57. The molecule has 3 aromatic rings. The van der Waals surface area contributed by atoms with Crippen molar-refractivity contribution >= 4 is 23.3 Å². The van der Waals surface area contributed by atoms with E-state index < -0.39 is 29.1 Å². The third kappa shape index (κ3) is 5.12. The van der Waals surface area contributed by atoms with Crippen LogP contribution in [0.1, 0.15) is 23.6 Å². The van der Waals surface area contributed by atoms with E-state index in [4.69, 9.17) is 4.74 Å². The lowest BCUT2D eigenvalue weighted by Gasteiger charge is -2.22. The van der Waals surface area contributed by atoms with Gasteiger partial charge >= 0.3 is 0 Å². The van der Waals surface area contributed by atoms with Crippen molar-refractivity contribution in [3.05, 3.63) is 95.6 Å². The molecule has 0 aromatic heterocycles.